The van der Waals surface area contributed by atoms with E-state index in [0.29, 0.717) is 25.0 Å². The van der Waals surface area contributed by atoms with Crippen LogP contribution in [0.4, 0.5) is 5.95 Å². The number of aromatic nitrogens is 2. The standard InChI is InChI=1S/C13H20N4O2/c1-3-19-12-6-7-14-13(16-12)15-11-5-4-8-17(9-11)10(2)18/h6-7,11H,3-5,8-9H2,1-2H3,(H,14,15,16). The molecule has 0 radical (unpaired) electrons. The number of nitrogens with zero attached hydrogens (tertiary/aromatic N) is 3. The second-order valence-electron chi connectivity index (χ2n) is 4.60. The van der Waals surface area contributed by atoms with Crippen molar-refractivity contribution in [2.75, 3.05) is 25.0 Å². The number of piperidine rings is 1. The van der Waals surface area contributed by atoms with Crippen molar-refractivity contribution in [2.45, 2.75) is 32.7 Å². The molecule has 1 aromatic heterocycles. The molecule has 1 aliphatic heterocycles. The molecule has 0 saturated carbocycles. The van der Waals surface area contributed by atoms with Crippen molar-refractivity contribution in [3.05, 3.63) is 12.3 Å². The van der Waals surface area contributed by atoms with Gasteiger partial charge in [0.25, 0.3) is 0 Å². The van der Waals surface area contributed by atoms with E-state index in [-0.39, 0.29) is 11.9 Å². The zero-order chi connectivity index (χ0) is 13.7. The van der Waals surface area contributed by atoms with E-state index >= 15 is 0 Å². The van der Waals surface area contributed by atoms with Crippen LogP contribution in [0.3, 0.4) is 0 Å². The number of anilines is 1. The maximum absolute atomic E-state index is 11.4. The highest BCUT2D eigenvalue weighted by atomic mass is 16.5. The number of amides is 1. The summed E-state index contributed by atoms with van der Waals surface area (Å²) in [4.78, 5) is 21.7. The Morgan fingerprint density at radius 1 is 1.63 bits per heavy atom. The molecule has 6 heteroatoms. The lowest BCUT2D eigenvalue weighted by molar-refractivity contribution is -0.129. The lowest BCUT2D eigenvalue weighted by Gasteiger charge is -2.32. The van der Waals surface area contributed by atoms with E-state index in [2.05, 4.69) is 15.3 Å². The number of likely N-dealkylation sites (tertiary alicyclic amines) is 1. The van der Waals surface area contributed by atoms with E-state index in [0.717, 1.165) is 19.4 Å². The number of hydrogen-bond acceptors (Lipinski definition) is 5. The van der Waals surface area contributed by atoms with E-state index in [9.17, 15) is 4.79 Å². The second-order valence-corrected chi connectivity index (χ2v) is 4.60. The first kappa shape index (κ1) is 13.6. The van der Waals surface area contributed by atoms with Crippen LogP contribution in [0.2, 0.25) is 0 Å². The first-order valence-electron chi connectivity index (χ1n) is 6.67. The Morgan fingerprint density at radius 2 is 2.47 bits per heavy atom. The summed E-state index contributed by atoms with van der Waals surface area (Å²) < 4.78 is 5.34. The Morgan fingerprint density at radius 3 is 3.21 bits per heavy atom. The van der Waals surface area contributed by atoms with Crippen LogP contribution in [0.15, 0.2) is 12.3 Å². The summed E-state index contributed by atoms with van der Waals surface area (Å²) in [5, 5.41) is 3.27. The van der Waals surface area contributed by atoms with Gasteiger partial charge in [-0.25, -0.2) is 4.98 Å². The molecule has 1 fully saturated rings. The summed E-state index contributed by atoms with van der Waals surface area (Å²) in [6.45, 7) is 5.65. The van der Waals surface area contributed by atoms with Crippen LogP contribution in [0.1, 0.15) is 26.7 Å². The van der Waals surface area contributed by atoms with Gasteiger partial charge in [-0.05, 0) is 19.8 Å². The van der Waals surface area contributed by atoms with E-state index in [1.165, 1.54) is 0 Å². The minimum atomic E-state index is 0.121. The highest BCUT2D eigenvalue weighted by Gasteiger charge is 2.21. The third kappa shape index (κ3) is 3.81. The molecule has 1 aromatic rings. The third-order valence-electron chi connectivity index (χ3n) is 3.12. The monoisotopic (exact) mass is 264 g/mol. The van der Waals surface area contributed by atoms with Crippen molar-refractivity contribution in [2.24, 2.45) is 0 Å². The molecule has 19 heavy (non-hydrogen) atoms. The average molecular weight is 264 g/mol. The van der Waals surface area contributed by atoms with Gasteiger partial charge in [-0.2, -0.15) is 4.98 Å². The van der Waals surface area contributed by atoms with E-state index in [1.54, 1.807) is 19.2 Å². The van der Waals surface area contributed by atoms with Crippen molar-refractivity contribution in [3.8, 4) is 5.88 Å². The molecule has 0 aromatic carbocycles. The Balaban J connectivity index is 1.96. The summed E-state index contributed by atoms with van der Waals surface area (Å²) in [5.74, 6) is 1.25. The first-order valence-corrected chi connectivity index (χ1v) is 6.67. The van der Waals surface area contributed by atoms with Crippen LogP contribution < -0.4 is 10.1 Å². The summed E-state index contributed by atoms with van der Waals surface area (Å²) in [6, 6.07) is 1.94. The Labute approximate surface area is 113 Å². The molecule has 1 N–H and O–H groups in total. The van der Waals surface area contributed by atoms with Crippen molar-refractivity contribution in [1.29, 1.82) is 0 Å². The van der Waals surface area contributed by atoms with Crippen LogP contribution >= 0.6 is 0 Å². The predicted molar refractivity (Wildman–Crippen MR) is 72.1 cm³/mol. The lowest BCUT2D eigenvalue weighted by Crippen LogP contribution is -2.44. The zero-order valence-electron chi connectivity index (χ0n) is 11.4. The van der Waals surface area contributed by atoms with Gasteiger partial charge in [0.15, 0.2) is 0 Å². The van der Waals surface area contributed by atoms with Crippen molar-refractivity contribution in [1.82, 2.24) is 14.9 Å². The molecular weight excluding hydrogens is 244 g/mol. The molecule has 0 aliphatic carbocycles. The molecule has 1 amide bonds. The molecule has 1 saturated heterocycles. The predicted octanol–water partition coefficient (Wildman–Crippen LogP) is 1.30. The number of hydrogen-bond donors (Lipinski definition) is 1. The molecule has 104 valence electrons. The normalized spacial score (nSPS) is 19.1. The van der Waals surface area contributed by atoms with Crippen LogP contribution in [0.25, 0.3) is 0 Å². The average Bonchev–Trinajstić information content (AvgIpc) is 2.40. The fourth-order valence-electron chi connectivity index (χ4n) is 2.20. The van der Waals surface area contributed by atoms with Crippen molar-refractivity contribution >= 4 is 11.9 Å². The Kier molecular flexibility index (Phi) is 4.54. The molecule has 6 nitrogen and oxygen atoms in total. The van der Waals surface area contributed by atoms with Crippen molar-refractivity contribution in [3.63, 3.8) is 0 Å². The van der Waals surface area contributed by atoms with Gasteiger partial charge >= 0.3 is 0 Å². The lowest BCUT2D eigenvalue weighted by atomic mass is 10.1. The fraction of sp³-hybridized carbons (Fsp3) is 0.615. The maximum atomic E-state index is 11.4. The first-order chi connectivity index (χ1) is 9.19. The summed E-state index contributed by atoms with van der Waals surface area (Å²) >= 11 is 0. The molecule has 1 atom stereocenters. The van der Waals surface area contributed by atoms with Gasteiger partial charge in [0.1, 0.15) is 0 Å². The van der Waals surface area contributed by atoms with Gasteiger partial charge in [0.2, 0.25) is 17.7 Å². The van der Waals surface area contributed by atoms with Gasteiger partial charge in [-0.3, -0.25) is 4.79 Å². The smallest absolute Gasteiger partial charge is 0.226 e. The van der Waals surface area contributed by atoms with E-state index in [1.807, 2.05) is 11.8 Å². The quantitative estimate of drug-likeness (QED) is 0.887. The van der Waals surface area contributed by atoms with E-state index in [4.69, 9.17) is 4.74 Å². The molecule has 0 bridgehead atoms. The Hall–Kier alpha value is -1.85. The molecule has 1 unspecified atom stereocenters. The van der Waals surface area contributed by atoms with Gasteiger partial charge < -0.3 is 15.0 Å². The number of carbonyl (C=O) groups excluding carboxylic acids is 1. The topological polar surface area (TPSA) is 67.3 Å². The molecule has 2 heterocycles. The van der Waals surface area contributed by atoms with Crippen molar-refractivity contribution < 1.29 is 9.53 Å². The molecular formula is C13H20N4O2. The zero-order valence-corrected chi connectivity index (χ0v) is 11.4. The Bertz CT molecular complexity index is 438. The van der Waals surface area contributed by atoms with Crippen LogP contribution in [-0.4, -0.2) is 46.5 Å². The van der Waals surface area contributed by atoms with Gasteiger partial charge in [-0.15, -0.1) is 0 Å². The maximum Gasteiger partial charge on any atom is 0.226 e. The highest BCUT2D eigenvalue weighted by molar-refractivity contribution is 5.73. The fourth-order valence-corrected chi connectivity index (χ4v) is 2.20. The second kappa shape index (κ2) is 6.36. The number of carbonyl (C=O) groups is 1. The van der Waals surface area contributed by atoms with E-state index < -0.39 is 0 Å². The molecule has 2 rings (SSSR count). The van der Waals surface area contributed by atoms with Crippen LogP contribution in [0.5, 0.6) is 5.88 Å². The number of ether oxygens (including phenoxy) is 1. The SMILES string of the molecule is CCOc1ccnc(NC2CCCN(C(C)=O)C2)n1. The summed E-state index contributed by atoms with van der Waals surface area (Å²) in [6.07, 6.45) is 3.69. The highest BCUT2D eigenvalue weighted by Crippen LogP contribution is 2.15. The van der Waals surface area contributed by atoms with Gasteiger partial charge in [-0.1, -0.05) is 0 Å². The molecule has 0 spiro atoms. The van der Waals surface area contributed by atoms with Gasteiger partial charge in [0.05, 0.1) is 6.61 Å². The molecule has 1 aliphatic rings. The van der Waals surface area contributed by atoms with Crippen LogP contribution in [-0.2, 0) is 4.79 Å². The van der Waals surface area contributed by atoms with Gasteiger partial charge in [0, 0.05) is 38.3 Å². The summed E-state index contributed by atoms with van der Waals surface area (Å²) in [5.41, 5.74) is 0. The number of nitrogens with one attached hydrogen (secondary N) is 1. The summed E-state index contributed by atoms with van der Waals surface area (Å²) in [7, 11) is 0. The number of rotatable bonds is 4. The minimum Gasteiger partial charge on any atom is -0.478 e. The van der Waals surface area contributed by atoms with Crippen LogP contribution in [0, 0.1) is 0 Å². The minimum absolute atomic E-state index is 0.121. The third-order valence-corrected chi connectivity index (χ3v) is 3.12. The largest absolute Gasteiger partial charge is 0.478 e.